The van der Waals surface area contributed by atoms with Gasteiger partial charge in [-0.2, -0.15) is 0 Å². The zero-order chi connectivity index (χ0) is 10.9. The molecule has 0 heterocycles. The number of unbranched alkanes of at least 4 members (excludes halogenated alkanes) is 1. The smallest absolute Gasteiger partial charge is 0.261 e. The molecule has 0 amide bonds. The van der Waals surface area contributed by atoms with Gasteiger partial charge in [-0.25, -0.2) is 0 Å². The van der Waals surface area contributed by atoms with Crippen LogP contribution in [0.15, 0.2) is 12.7 Å². The van der Waals surface area contributed by atoms with E-state index in [-0.39, 0.29) is 0 Å². The fourth-order valence-corrected chi connectivity index (χ4v) is 4.94. The zero-order valence-corrected chi connectivity index (χ0v) is 10.9. The van der Waals surface area contributed by atoms with E-state index in [2.05, 4.69) is 13.5 Å². The Bertz CT molecular complexity index is 195. The monoisotopic (exact) mass is 236 g/mol. The van der Waals surface area contributed by atoms with Crippen LogP contribution in [0.2, 0.25) is 0 Å². The summed E-state index contributed by atoms with van der Waals surface area (Å²) in [6.45, 7) is 5.89. The minimum Gasteiger partial charge on any atom is -0.321 e. The maximum absolute atomic E-state index is 12.1. The Balaban J connectivity index is 3.95. The highest BCUT2D eigenvalue weighted by atomic mass is 32.7. The molecule has 14 heavy (non-hydrogen) atoms. The summed E-state index contributed by atoms with van der Waals surface area (Å²) in [5, 5.41) is 0. The molecule has 0 fully saturated rings. The summed E-state index contributed by atoms with van der Waals surface area (Å²) in [6, 6.07) is 0. The van der Waals surface area contributed by atoms with Crippen molar-refractivity contribution in [3.63, 3.8) is 0 Å². The second-order valence-electron chi connectivity index (χ2n) is 3.10. The first-order valence-electron chi connectivity index (χ1n) is 5.17. The molecule has 0 aromatic carbocycles. The molecule has 0 aromatic rings. The van der Waals surface area contributed by atoms with Crippen molar-refractivity contribution in [3.05, 3.63) is 12.7 Å². The normalized spacial score (nSPS) is 15.0. The van der Waals surface area contributed by atoms with Gasteiger partial charge in [0.25, 0.3) is 6.57 Å². The van der Waals surface area contributed by atoms with E-state index in [0.717, 1.165) is 25.0 Å². The van der Waals surface area contributed by atoms with Gasteiger partial charge >= 0.3 is 0 Å². The van der Waals surface area contributed by atoms with Crippen molar-refractivity contribution in [1.82, 2.24) is 0 Å². The molecule has 4 heteroatoms. The van der Waals surface area contributed by atoms with Crippen LogP contribution in [0, 0.1) is 0 Å². The predicted octanol–water partition coefficient (Wildman–Crippen LogP) is 4.33. The van der Waals surface area contributed by atoms with Gasteiger partial charge in [0, 0.05) is 5.75 Å². The van der Waals surface area contributed by atoms with E-state index in [4.69, 9.17) is 4.52 Å². The molecule has 0 rings (SSSR count). The minimum absolute atomic E-state index is 0.487. The van der Waals surface area contributed by atoms with Gasteiger partial charge < -0.3 is 4.52 Å². The van der Waals surface area contributed by atoms with E-state index >= 15 is 0 Å². The fraction of sp³-hybridized carbons (Fsp3) is 0.800. The Hall–Kier alpha value is 0.280. The molecule has 0 spiro atoms. The Morgan fingerprint density at radius 3 is 2.64 bits per heavy atom. The molecule has 0 saturated carbocycles. The van der Waals surface area contributed by atoms with Crippen molar-refractivity contribution >= 4 is 18.0 Å². The van der Waals surface area contributed by atoms with E-state index in [9.17, 15) is 4.57 Å². The standard InChI is InChI=1S/C10H21O2PS/c1-4-7-10-14-13(11,9-6-3)12-8-5-2/h6H,3-5,7-10H2,1-2H3. The lowest BCUT2D eigenvalue weighted by Gasteiger charge is -2.15. The summed E-state index contributed by atoms with van der Waals surface area (Å²) in [5.41, 5.74) is 0. The van der Waals surface area contributed by atoms with Gasteiger partial charge in [-0.15, -0.1) is 6.58 Å². The summed E-state index contributed by atoms with van der Waals surface area (Å²) >= 11 is 1.48. The lowest BCUT2D eigenvalue weighted by molar-refractivity contribution is 0.326. The summed E-state index contributed by atoms with van der Waals surface area (Å²) in [6.07, 6.45) is 5.32. The second-order valence-corrected chi connectivity index (χ2v) is 8.06. The van der Waals surface area contributed by atoms with Crippen LogP contribution in [0.4, 0.5) is 0 Å². The molecule has 0 aromatic heterocycles. The molecule has 0 radical (unpaired) electrons. The van der Waals surface area contributed by atoms with Crippen LogP contribution in [0.25, 0.3) is 0 Å². The second kappa shape index (κ2) is 8.58. The van der Waals surface area contributed by atoms with Gasteiger partial charge in [-0.05, 0) is 12.8 Å². The van der Waals surface area contributed by atoms with Crippen molar-refractivity contribution in [3.8, 4) is 0 Å². The Morgan fingerprint density at radius 2 is 2.14 bits per heavy atom. The molecule has 2 nitrogen and oxygen atoms in total. The van der Waals surface area contributed by atoms with Crippen LogP contribution in [-0.2, 0) is 9.09 Å². The van der Waals surface area contributed by atoms with Gasteiger partial charge in [0.15, 0.2) is 0 Å². The molecule has 0 saturated heterocycles. The van der Waals surface area contributed by atoms with E-state index < -0.39 is 6.57 Å². The summed E-state index contributed by atoms with van der Waals surface area (Å²) in [4.78, 5) is 0. The molecule has 0 aliphatic rings. The van der Waals surface area contributed by atoms with Crippen LogP contribution < -0.4 is 0 Å². The quantitative estimate of drug-likeness (QED) is 0.339. The molecular weight excluding hydrogens is 215 g/mol. The maximum atomic E-state index is 12.1. The molecule has 1 unspecified atom stereocenters. The maximum Gasteiger partial charge on any atom is 0.261 e. The van der Waals surface area contributed by atoms with E-state index in [1.54, 1.807) is 6.08 Å². The van der Waals surface area contributed by atoms with Crippen molar-refractivity contribution in [2.45, 2.75) is 33.1 Å². The van der Waals surface area contributed by atoms with Crippen LogP contribution >= 0.6 is 18.0 Å². The average Bonchev–Trinajstić information content (AvgIpc) is 2.16. The molecule has 84 valence electrons. The van der Waals surface area contributed by atoms with Crippen molar-refractivity contribution in [2.75, 3.05) is 18.5 Å². The number of rotatable bonds is 9. The average molecular weight is 236 g/mol. The van der Waals surface area contributed by atoms with Gasteiger partial charge in [0.05, 0.1) is 12.8 Å². The Kier molecular flexibility index (Phi) is 8.75. The first kappa shape index (κ1) is 14.3. The molecule has 1 atom stereocenters. The number of hydrogen-bond donors (Lipinski definition) is 0. The zero-order valence-electron chi connectivity index (χ0n) is 9.20. The highest BCUT2D eigenvalue weighted by molar-refractivity contribution is 8.56. The largest absolute Gasteiger partial charge is 0.321 e. The molecular formula is C10H21O2PS. The van der Waals surface area contributed by atoms with Gasteiger partial charge in [0.2, 0.25) is 0 Å². The van der Waals surface area contributed by atoms with Crippen LogP contribution in [-0.4, -0.2) is 18.5 Å². The van der Waals surface area contributed by atoms with E-state index in [1.807, 2.05) is 6.92 Å². The highest BCUT2D eigenvalue weighted by Gasteiger charge is 2.21. The van der Waals surface area contributed by atoms with Crippen LogP contribution in [0.1, 0.15) is 33.1 Å². The minimum atomic E-state index is -2.47. The fourth-order valence-electron chi connectivity index (χ4n) is 0.879. The first-order valence-corrected chi connectivity index (χ1v) is 8.57. The summed E-state index contributed by atoms with van der Waals surface area (Å²) < 4.78 is 17.5. The van der Waals surface area contributed by atoms with E-state index in [1.165, 1.54) is 11.4 Å². The van der Waals surface area contributed by atoms with Crippen molar-refractivity contribution in [2.24, 2.45) is 0 Å². The van der Waals surface area contributed by atoms with Gasteiger partial charge in [0.1, 0.15) is 0 Å². The summed E-state index contributed by atoms with van der Waals surface area (Å²) in [7, 11) is 0. The lowest BCUT2D eigenvalue weighted by atomic mass is 10.4. The lowest BCUT2D eigenvalue weighted by Crippen LogP contribution is -1.93. The molecule has 0 aliphatic heterocycles. The third-order valence-corrected chi connectivity index (χ3v) is 6.27. The first-order chi connectivity index (χ1) is 6.68. The third kappa shape index (κ3) is 6.69. The van der Waals surface area contributed by atoms with E-state index in [0.29, 0.717) is 12.8 Å². The topological polar surface area (TPSA) is 26.3 Å². The Morgan fingerprint density at radius 1 is 1.43 bits per heavy atom. The molecule has 0 aliphatic carbocycles. The van der Waals surface area contributed by atoms with Gasteiger partial charge in [-0.3, -0.25) is 4.57 Å². The predicted molar refractivity (Wildman–Crippen MR) is 66.3 cm³/mol. The third-order valence-electron chi connectivity index (χ3n) is 1.63. The van der Waals surface area contributed by atoms with Crippen molar-refractivity contribution < 1.29 is 9.09 Å². The van der Waals surface area contributed by atoms with Crippen LogP contribution in [0.5, 0.6) is 0 Å². The van der Waals surface area contributed by atoms with Crippen LogP contribution in [0.3, 0.4) is 0 Å². The van der Waals surface area contributed by atoms with Gasteiger partial charge in [-0.1, -0.05) is 37.7 Å². The van der Waals surface area contributed by atoms with Crippen molar-refractivity contribution in [1.29, 1.82) is 0 Å². The number of allylic oxidation sites excluding steroid dienone is 1. The SMILES string of the molecule is C=CCP(=O)(OCCC)SCCCC. The number of hydrogen-bond acceptors (Lipinski definition) is 3. The molecule has 0 N–H and O–H groups in total. The highest BCUT2D eigenvalue weighted by Crippen LogP contribution is 2.59. The molecule has 0 bridgehead atoms. The summed E-state index contributed by atoms with van der Waals surface area (Å²) in [5.74, 6) is 0.922. The Labute approximate surface area is 91.7 Å².